The van der Waals surface area contributed by atoms with Gasteiger partial charge in [0.25, 0.3) is 0 Å². The van der Waals surface area contributed by atoms with Gasteiger partial charge in [0.2, 0.25) is 5.56 Å². The zero-order chi connectivity index (χ0) is 13.4. The lowest BCUT2D eigenvalue weighted by Crippen LogP contribution is -2.22. The van der Waals surface area contributed by atoms with E-state index in [2.05, 4.69) is 20.5 Å². The van der Waals surface area contributed by atoms with Crippen molar-refractivity contribution in [3.05, 3.63) is 45.1 Å². The lowest BCUT2D eigenvalue weighted by molar-refractivity contribution is 0.586. The summed E-state index contributed by atoms with van der Waals surface area (Å²) < 4.78 is 0. The fraction of sp³-hybridized carbons (Fsp3) is 0.429. The first-order valence-corrected chi connectivity index (χ1v) is 6.65. The van der Waals surface area contributed by atoms with E-state index in [0.29, 0.717) is 0 Å². The number of fused-ring (bicyclic) bond motifs is 1. The molecule has 3 N–H and O–H groups in total. The first-order valence-electron chi connectivity index (χ1n) is 6.65. The van der Waals surface area contributed by atoms with Crippen LogP contribution in [0, 0.1) is 13.8 Å². The molecule has 5 nitrogen and oxygen atoms in total. The minimum absolute atomic E-state index is 0.0185. The van der Waals surface area contributed by atoms with Crippen LogP contribution in [0.25, 0.3) is 0 Å². The van der Waals surface area contributed by atoms with Crippen LogP contribution in [0.2, 0.25) is 0 Å². The van der Waals surface area contributed by atoms with Crippen molar-refractivity contribution in [3.8, 4) is 0 Å². The fourth-order valence-electron chi connectivity index (χ4n) is 2.79. The molecule has 0 aliphatic heterocycles. The lowest BCUT2D eigenvalue weighted by Gasteiger charge is -2.26. The molecule has 0 spiro atoms. The molecule has 19 heavy (non-hydrogen) atoms. The van der Waals surface area contributed by atoms with Crippen molar-refractivity contribution in [2.75, 3.05) is 5.32 Å². The van der Waals surface area contributed by atoms with E-state index in [-0.39, 0.29) is 11.6 Å². The largest absolute Gasteiger partial charge is 0.375 e. The van der Waals surface area contributed by atoms with Gasteiger partial charge in [0.15, 0.2) is 0 Å². The van der Waals surface area contributed by atoms with Crippen molar-refractivity contribution < 1.29 is 0 Å². The summed E-state index contributed by atoms with van der Waals surface area (Å²) in [5.74, 6) is 0. The van der Waals surface area contributed by atoms with Crippen LogP contribution in [-0.4, -0.2) is 15.2 Å². The maximum atomic E-state index is 11.4. The number of nitrogens with one attached hydrogen (secondary N) is 3. The lowest BCUT2D eigenvalue weighted by atomic mass is 9.91. The van der Waals surface area contributed by atoms with Gasteiger partial charge in [0.1, 0.15) is 0 Å². The highest BCUT2D eigenvalue weighted by molar-refractivity contribution is 5.53. The average Bonchev–Trinajstić information content (AvgIpc) is 2.70. The van der Waals surface area contributed by atoms with Gasteiger partial charge >= 0.3 is 0 Å². The first-order chi connectivity index (χ1) is 9.15. The SMILES string of the molecule is Cc1n[nH]c(C)c1NC1CCCc2[nH]c(=O)ccc21. The fourth-order valence-corrected chi connectivity index (χ4v) is 2.79. The van der Waals surface area contributed by atoms with Crippen molar-refractivity contribution in [1.82, 2.24) is 15.2 Å². The van der Waals surface area contributed by atoms with Gasteiger partial charge < -0.3 is 10.3 Å². The van der Waals surface area contributed by atoms with Crippen LogP contribution in [0.15, 0.2) is 16.9 Å². The third-order valence-corrected chi connectivity index (χ3v) is 3.78. The highest BCUT2D eigenvalue weighted by Gasteiger charge is 2.22. The number of aromatic amines is 2. The first kappa shape index (κ1) is 12.0. The molecule has 0 fully saturated rings. The van der Waals surface area contributed by atoms with E-state index >= 15 is 0 Å². The Hall–Kier alpha value is -2.04. The quantitative estimate of drug-likeness (QED) is 0.773. The molecule has 0 saturated heterocycles. The van der Waals surface area contributed by atoms with Crippen molar-refractivity contribution in [2.24, 2.45) is 0 Å². The Bertz CT molecular complexity index is 636. The number of aryl methyl sites for hydroxylation is 3. The number of hydrogen-bond donors (Lipinski definition) is 3. The number of pyridine rings is 1. The molecule has 0 amide bonds. The van der Waals surface area contributed by atoms with Gasteiger partial charge in [-0.2, -0.15) is 5.10 Å². The van der Waals surface area contributed by atoms with Gasteiger partial charge in [-0.25, -0.2) is 0 Å². The molecule has 0 radical (unpaired) electrons. The molecule has 100 valence electrons. The minimum atomic E-state index is -0.0185. The van der Waals surface area contributed by atoms with Crippen LogP contribution < -0.4 is 10.9 Å². The van der Waals surface area contributed by atoms with Crippen molar-refractivity contribution in [2.45, 2.75) is 39.2 Å². The summed E-state index contributed by atoms with van der Waals surface area (Å²) >= 11 is 0. The third kappa shape index (κ3) is 2.16. The summed E-state index contributed by atoms with van der Waals surface area (Å²) in [6.45, 7) is 4.00. The van der Waals surface area contributed by atoms with Gasteiger partial charge in [-0.05, 0) is 44.7 Å². The Morgan fingerprint density at radius 3 is 2.95 bits per heavy atom. The smallest absolute Gasteiger partial charge is 0.248 e. The van der Waals surface area contributed by atoms with Gasteiger partial charge in [0, 0.05) is 11.8 Å². The minimum Gasteiger partial charge on any atom is -0.375 e. The monoisotopic (exact) mass is 258 g/mol. The standard InChI is InChI=1S/C14H18N4O/c1-8-14(9(2)18-17-8)16-12-5-3-4-11-10(12)6-7-13(19)15-11/h6-7,12,16H,3-5H2,1-2H3,(H,15,19)(H,17,18). The van der Waals surface area contributed by atoms with Crippen molar-refractivity contribution >= 4 is 5.69 Å². The highest BCUT2D eigenvalue weighted by Crippen LogP contribution is 2.32. The summed E-state index contributed by atoms with van der Waals surface area (Å²) in [5.41, 5.74) is 5.35. The van der Waals surface area contributed by atoms with Crippen LogP contribution in [-0.2, 0) is 6.42 Å². The van der Waals surface area contributed by atoms with E-state index in [1.807, 2.05) is 19.9 Å². The summed E-state index contributed by atoms with van der Waals surface area (Å²) in [6, 6.07) is 3.79. The molecule has 1 unspecified atom stereocenters. The molecule has 0 saturated carbocycles. The zero-order valence-electron chi connectivity index (χ0n) is 11.2. The normalized spacial score (nSPS) is 18.1. The third-order valence-electron chi connectivity index (χ3n) is 3.78. The second-order valence-corrected chi connectivity index (χ2v) is 5.15. The second kappa shape index (κ2) is 4.57. The number of H-pyrrole nitrogens is 2. The topological polar surface area (TPSA) is 73.6 Å². The Morgan fingerprint density at radius 2 is 2.21 bits per heavy atom. The highest BCUT2D eigenvalue weighted by atomic mass is 16.1. The molecular weight excluding hydrogens is 240 g/mol. The maximum Gasteiger partial charge on any atom is 0.248 e. The van der Waals surface area contributed by atoms with Crippen LogP contribution in [0.4, 0.5) is 5.69 Å². The van der Waals surface area contributed by atoms with E-state index in [1.54, 1.807) is 6.07 Å². The molecule has 2 aromatic rings. The molecular formula is C14H18N4O. The predicted octanol–water partition coefficient (Wildman–Crippen LogP) is 2.20. The average molecular weight is 258 g/mol. The molecule has 1 aliphatic rings. The molecule has 0 bridgehead atoms. The van der Waals surface area contributed by atoms with Gasteiger partial charge in [-0.1, -0.05) is 0 Å². The van der Waals surface area contributed by atoms with E-state index in [9.17, 15) is 4.79 Å². The van der Waals surface area contributed by atoms with E-state index in [1.165, 1.54) is 5.56 Å². The van der Waals surface area contributed by atoms with E-state index in [0.717, 1.165) is 42.0 Å². The van der Waals surface area contributed by atoms with Crippen molar-refractivity contribution in [1.29, 1.82) is 0 Å². The number of rotatable bonds is 2. The van der Waals surface area contributed by atoms with Crippen LogP contribution >= 0.6 is 0 Å². The number of nitrogens with zero attached hydrogens (tertiary/aromatic N) is 1. The van der Waals surface area contributed by atoms with Gasteiger partial charge in [-0.15, -0.1) is 0 Å². The Labute approximate surface area is 111 Å². The summed E-state index contributed by atoms with van der Waals surface area (Å²) in [5, 5.41) is 10.8. The molecule has 5 heteroatoms. The van der Waals surface area contributed by atoms with Gasteiger partial charge in [-0.3, -0.25) is 9.89 Å². The predicted molar refractivity (Wildman–Crippen MR) is 74.4 cm³/mol. The number of anilines is 1. The second-order valence-electron chi connectivity index (χ2n) is 5.15. The molecule has 2 aromatic heterocycles. The summed E-state index contributed by atoms with van der Waals surface area (Å²) in [7, 11) is 0. The molecule has 3 rings (SSSR count). The van der Waals surface area contributed by atoms with Crippen LogP contribution in [0.3, 0.4) is 0 Å². The molecule has 0 aromatic carbocycles. The zero-order valence-corrected chi connectivity index (χ0v) is 11.2. The van der Waals surface area contributed by atoms with E-state index < -0.39 is 0 Å². The number of aromatic nitrogens is 3. The Balaban J connectivity index is 1.94. The van der Waals surface area contributed by atoms with Gasteiger partial charge in [0.05, 0.1) is 23.1 Å². The molecule has 2 heterocycles. The van der Waals surface area contributed by atoms with Crippen LogP contribution in [0.1, 0.15) is 41.5 Å². The Morgan fingerprint density at radius 1 is 1.37 bits per heavy atom. The van der Waals surface area contributed by atoms with Crippen molar-refractivity contribution in [3.63, 3.8) is 0 Å². The summed E-state index contributed by atoms with van der Waals surface area (Å²) in [4.78, 5) is 14.3. The molecule has 1 atom stereocenters. The Kier molecular flexibility index (Phi) is 2.89. The van der Waals surface area contributed by atoms with Crippen LogP contribution in [0.5, 0.6) is 0 Å². The summed E-state index contributed by atoms with van der Waals surface area (Å²) in [6.07, 6.45) is 3.11. The van der Waals surface area contributed by atoms with E-state index in [4.69, 9.17) is 0 Å². The maximum absolute atomic E-state index is 11.4. The number of hydrogen-bond acceptors (Lipinski definition) is 3. The molecule has 1 aliphatic carbocycles.